The number of rotatable bonds is 5. The molecule has 2 nitrogen and oxygen atoms in total. The average molecular weight is 492 g/mol. The summed E-state index contributed by atoms with van der Waals surface area (Å²) in [6, 6.07) is 39.5. The molecule has 5 aromatic carbocycles. The van der Waals surface area contributed by atoms with Crippen molar-refractivity contribution in [1.82, 2.24) is 0 Å². The molecule has 0 atom stereocenters. The highest BCUT2D eigenvalue weighted by atomic mass is 35.5. The number of fused-ring (bicyclic) bond motifs is 3. The molecule has 0 spiro atoms. The third kappa shape index (κ3) is 4.07. The normalized spacial score (nSPS) is 11.3. The number of hydrogen-bond acceptors (Lipinski definition) is 3. The van der Waals surface area contributed by atoms with Gasteiger partial charge in [-0.3, -0.25) is 0 Å². The molecule has 170 valence electrons. The van der Waals surface area contributed by atoms with Gasteiger partial charge in [-0.2, -0.15) is 0 Å². The summed E-state index contributed by atoms with van der Waals surface area (Å²) in [7, 11) is 0. The van der Waals surface area contributed by atoms with Crippen LogP contribution in [-0.4, -0.2) is 0 Å². The van der Waals surface area contributed by atoms with Crippen molar-refractivity contribution < 1.29 is 4.42 Å². The van der Waals surface area contributed by atoms with Gasteiger partial charge in [-0.05, 0) is 73.2 Å². The second kappa shape index (κ2) is 9.18. The summed E-state index contributed by atoms with van der Waals surface area (Å²) in [5, 5.41) is 3.00. The predicted octanol–water partition coefficient (Wildman–Crippen LogP) is 10.2. The predicted molar refractivity (Wildman–Crippen MR) is 149 cm³/mol. The van der Waals surface area contributed by atoms with Crippen molar-refractivity contribution in [1.29, 1.82) is 0 Å². The molecule has 35 heavy (non-hydrogen) atoms. The zero-order valence-corrected chi connectivity index (χ0v) is 20.7. The standard InChI is InChI=1S/C31H22ClNOS/c1-21-10-7-17-27-30(21)31-26(16-9-18-28(31)34-27)33(23-12-3-2-4-13-23)25-15-5-6-19-29(25)35-24-14-8-11-22(32)20-24/h2-20H,1H3. The molecule has 1 aromatic heterocycles. The van der Waals surface area contributed by atoms with E-state index in [1.54, 1.807) is 11.8 Å². The van der Waals surface area contributed by atoms with Crippen LogP contribution in [0.4, 0.5) is 17.1 Å². The number of halogens is 1. The van der Waals surface area contributed by atoms with Gasteiger partial charge in [0.05, 0.1) is 16.8 Å². The third-order valence-corrected chi connectivity index (χ3v) is 7.38. The highest BCUT2D eigenvalue weighted by Crippen LogP contribution is 2.47. The first-order valence-corrected chi connectivity index (χ1v) is 12.7. The molecular weight excluding hydrogens is 470 g/mol. The molecule has 0 bridgehead atoms. The topological polar surface area (TPSA) is 16.4 Å². The van der Waals surface area contributed by atoms with E-state index in [1.165, 1.54) is 5.56 Å². The Bertz CT molecular complexity index is 1660. The third-order valence-electron chi connectivity index (χ3n) is 6.09. The molecule has 4 heteroatoms. The van der Waals surface area contributed by atoms with E-state index in [4.69, 9.17) is 16.0 Å². The average Bonchev–Trinajstić information content (AvgIpc) is 3.27. The fourth-order valence-corrected chi connectivity index (χ4v) is 5.83. The lowest BCUT2D eigenvalue weighted by molar-refractivity contribution is 0.669. The number of nitrogens with zero attached hydrogens (tertiary/aromatic N) is 1. The number of anilines is 3. The molecule has 0 unspecified atom stereocenters. The van der Waals surface area contributed by atoms with Gasteiger partial charge in [0.1, 0.15) is 11.2 Å². The second-order valence-electron chi connectivity index (χ2n) is 8.40. The van der Waals surface area contributed by atoms with E-state index >= 15 is 0 Å². The number of benzene rings is 5. The molecule has 0 aliphatic carbocycles. The summed E-state index contributed by atoms with van der Waals surface area (Å²) in [6.07, 6.45) is 0. The zero-order valence-electron chi connectivity index (χ0n) is 19.1. The number of para-hydroxylation sites is 2. The number of aryl methyl sites for hydroxylation is 1. The lowest BCUT2D eigenvalue weighted by Crippen LogP contribution is -2.11. The van der Waals surface area contributed by atoms with Crippen molar-refractivity contribution in [2.75, 3.05) is 4.90 Å². The molecule has 0 aliphatic heterocycles. The van der Waals surface area contributed by atoms with Gasteiger partial charge in [0.15, 0.2) is 0 Å². The van der Waals surface area contributed by atoms with Crippen LogP contribution in [0.2, 0.25) is 5.02 Å². The Morgan fingerprint density at radius 1 is 0.657 bits per heavy atom. The summed E-state index contributed by atoms with van der Waals surface area (Å²) in [4.78, 5) is 4.57. The van der Waals surface area contributed by atoms with Crippen molar-refractivity contribution >= 4 is 62.4 Å². The van der Waals surface area contributed by atoms with E-state index in [-0.39, 0.29) is 0 Å². The molecule has 6 rings (SSSR count). The second-order valence-corrected chi connectivity index (χ2v) is 9.95. The summed E-state index contributed by atoms with van der Waals surface area (Å²) in [5.41, 5.74) is 6.25. The summed E-state index contributed by atoms with van der Waals surface area (Å²) in [5.74, 6) is 0. The fraction of sp³-hybridized carbons (Fsp3) is 0.0323. The first kappa shape index (κ1) is 21.8. The van der Waals surface area contributed by atoms with Crippen LogP contribution in [-0.2, 0) is 0 Å². The van der Waals surface area contributed by atoms with E-state index in [9.17, 15) is 0 Å². The molecule has 0 saturated heterocycles. The van der Waals surface area contributed by atoms with Crippen molar-refractivity contribution in [3.05, 3.63) is 126 Å². The van der Waals surface area contributed by atoms with Crippen LogP contribution in [0.5, 0.6) is 0 Å². The number of hydrogen-bond donors (Lipinski definition) is 0. The Hall–Kier alpha value is -3.66. The SMILES string of the molecule is Cc1cccc2oc3cccc(N(c4ccccc4)c4ccccc4Sc4cccc(Cl)c4)c3c12. The van der Waals surface area contributed by atoms with Gasteiger partial charge in [-0.15, -0.1) is 0 Å². The Morgan fingerprint density at radius 3 is 2.17 bits per heavy atom. The smallest absolute Gasteiger partial charge is 0.137 e. The number of furan rings is 1. The maximum absolute atomic E-state index is 6.29. The summed E-state index contributed by atoms with van der Waals surface area (Å²) in [6.45, 7) is 2.14. The molecule has 0 aliphatic rings. The van der Waals surface area contributed by atoms with E-state index < -0.39 is 0 Å². The highest BCUT2D eigenvalue weighted by molar-refractivity contribution is 7.99. The van der Waals surface area contributed by atoms with Crippen LogP contribution in [0.25, 0.3) is 21.9 Å². The van der Waals surface area contributed by atoms with Crippen LogP contribution in [0.3, 0.4) is 0 Å². The molecule has 0 saturated carbocycles. The van der Waals surface area contributed by atoms with Gasteiger partial charge in [-0.25, -0.2) is 0 Å². The molecule has 0 amide bonds. The lowest BCUT2D eigenvalue weighted by atomic mass is 10.0. The Balaban J connectivity index is 1.62. The molecular formula is C31H22ClNOS. The van der Waals surface area contributed by atoms with Gasteiger partial charge in [0.2, 0.25) is 0 Å². The Labute approximate surface area is 213 Å². The van der Waals surface area contributed by atoms with Gasteiger partial charge in [0.25, 0.3) is 0 Å². The minimum Gasteiger partial charge on any atom is -0.456 e. The lowest BCUT2D eigenvalue weighted by Gasteiger charge is -2.28. The van der Waals surface area contributed by atoms with Crippen molar-refractivity contribution in [2.45, 2.75) is 16.7 Å². The van der Waals surface area contributed by atoms with Crippen LogP contribution >= 0.6 is 23.4 Å². The van der Waals surface area contributed by atoms with Gasteiger partial charge >= 0.3 is 0 Å². The first-order valence-electron chi connectivity index (χ1n) is 11.5. The maximum Gasteiger partial charge on any atom is 0.137 e. The van der Waals surface area contributed by atoms with Gasteiger partial charge in [0, 0.05) is 25.9 Å². The highest BCUT2D eigenvalue weighted by Gasteiger charge is 2.22. The maximum atomic E-state index is 6.29. The largest absolute Gasteiger partial charge is 0.456 e. The Kier molecular flexibility index (Phi) is 5.73. The van der Waals surface area contributed by atoms with E-state index in [0.717, 1.165) is 53.8 Å². The zero-order chi connectivity index (χ0) is 23.8. The van der Waals surface area contributed by atoms with E-state index in [0.29, 0.717) is 0 Å². The van der Waals surface area contributed by atoms with Crippen molar-refractivity contribution in [3.63, 3.8) is 0 Å². The van der Waals surface area contributed by atoms with Gasteiger partial charge in [-0.1, -0.05) is 78.0 Å². The monoisotopic (exact) mass is 491 g/mol. The fourth-order valence-electron chi connectivity index (χ4n) is 4.58. The van der Waals surface area contributed by atoms with Gasteiger partial charge < -0.3 is 9.32 Å². The summed E-state index contributed by atoms with van der Waals surface area (Å²) < 4.78 is 6.29. The summed E-state index contributed by atoms with van der Waals surface area (Å²) >= 11 is 8.00. The van der Waals surface area contributed by atoms with Crippen LogP contribution in [0.1, 0.15) is 5.56 Å². The van der Waals surface area contributed by atoms with Crippen molar-refractivity contribution in [3.8, 4) is 0 Å². The molecule has 0 radical (unpaired) electrons. The van der Waals surface area contributed by atoms with Crippen LogP contribution < -0.4 is 4.90 Å². The molecule has 1 heterocycles. The van der Waals surface area contributed by atoms with E-state index in [2.05, 4.69) is 84.6 Å². The van der Waals surface area contributed by atoms with Crippen LogP contribution in [0, 0.1) is 6.92 Å². The van der Waals surface area contributed by atoms with E-state index in [1.807, 2.05) is 42.5 Å². The van der Waals surface area contributed by atoms with Crippen molar-refractivity contribution in [2.24, 2.45) is 0 Å². The molecule has 0 N–H and O–H groups in total. The molecule has 0 fully saturated rings. The minimum atomic E-state index is 0.734. The first-order chi connectivity index (χ1) is 17.2. The minimum absolute atomic E-state index is 0.734. The Morgan fingerprint density at radius 2 is 1.34 bits per heavy atom. The van der Waals surface area contributed by atoms with Crippen LogP contribution in [0.15, 0.2) is 129 Å². The molecule has 6 aromatic rings. The quantitative estimate of drug-likeness (QED) is 0.238.